The number of benzene rings is 1. The van der Waals surface area contributed by atoms with Crippen molar-refractivity contribution in [1.82, 2.24) is 10.2 Å². The lowest BCUT2D eigenvalue weighted by Gasteiger charge is -2.34. The summed E-state index contributed by atoms with van der Waals surface area (Å²) in [6, 6.07) is 4.76. The van der Waals surface area contributed by atoms with Crippen molar-refractivity contribution >= 4 is 29.4 Å². The van der Waals surface area contributed by atoms with E-state index in [0.29, 0.717) is 31.6 Å². The van der Waals surface area contributed by atoms with Gasteiger partial charge < -0.3 is 20.2 Å². The molecule has 0 bridgehead atoms. The van der Waals surface area contributed by atoms with E-state index in [-0.39, 0.29) is 36.6 Å². The van der Waals surface area contributed by atoms with Gasteiger partial charge in [0.1, 0.15) is 11.9 Å². The summed E-state index contributed by atoms with van der Waals surface area (Å²) in [6.45, 7) is 4.51. The lowest BCUT2D eigenvalue weighted by molar-refractivity contribution is -0.146. The molecule has 1 aromatic rings. The maximum absolute atomic E-state index is 13.2. The number of carbonyl (C=O) groups is 4. The van der Waals surface area contributed by atoms with E-state index in [2.05, 4.69) is 5.32 Å². The Kier molecular flexibility index (Phi) is 6.92. The number of carbonyl (C=O) groups excluding carboxylic acids is 3. The number of rotatable bonds is 6. The van der Waals surface area contributed by atoms with Gasteiger partial charge in [-0.15, -0.1) is 0 Å². The minimum absolute atomic E-state index is 0.0201. The molecule has 2 aliphatic rings. The summed E-state index contributed by atoms with van der Waals surface area (Å²) in [6.07, 6.45) is 0.805. The molecule has 31 heavy (non-hydrogen) atoms. The number of nitrogens with zero attached hydrogens (tertiary/aromatic N) is 2. The van der Waals surface area contributed by atoms with Gasteiger partial charge in [-0.2, -0.15) is 0 Å². The third-order valence-corrected chi connectivity index (χ3v) is 6.02. The Labute approximate surface area is 180 Å². The van der Waals surface area contributed by atoms with Gasteiger partial charge in [0.25, 0.3) is 0 Å². The summed E-state index contributed by atoms with van der Waals surface area (Å²) in [4.78, 5) is 52.4. The summed E-state index contributed by atoms with van der Waals surface area (Å²) in [5.74, 6) is -3.30. The van der Waals surface area contributed by atoms with E-state index in [1.807, 2.05) is 13.8 Å². The summed E-state index contributed by atoms with van der Waals surface area (Å²) >= 11 is 0. The molecule has 2 fully saturated rings. The molecular formula is C22H28FN3O5. The number of piperidine rings is 1. The van der Waals surface area contributed by atoms with Crippen LogP contribution in [0.25, 0.3) is 0 Å². The molecule has 2 N–H and O–H groups in total. The Morgan fingerprint density at radius 2 is 1.71 bits per heavy atom. The van der Waals surface area contributed by atoms with E-state index in [1.165, 1.54) is 29.2 Å². The van der Waals surface area contributed by atoms with Crippen LogP contribution >= 0.6 is 0 Å². The average molecular weight is 433 g/mol. The Morgan fingerprint density at radius 1 is 1.10 bits per heavy atom. The normalized spacial score (nSPS) is 20.8. The third kappa shape index (κ3) is 5.21. The zero-order chi connectivity index (χ0) is 22.7. The quantitative estimate of drug-likeness (QED) is 0.709. The van der Waals surface area contributed by atoms with Crippen LogP contribution in [0, 0.1) is 23.6 Å². The van der Waals surface area contributed by atoms with E-state index in [1.54, 1.807) is 4.90 Å². The van der Waals surface area contributed by atoms with Crippen LogP contribution in [0.1, 0.15) is 33.1 Å². The van der Waals surface area contributed by atoms with Gasteiger partial charge in [0, 0.05) is 31.7 Å². The Hall–Kier alpha value is -2.97. The monoisotopic (exact) mass is 433 g/mol. The number of aliphatic carboxylic acids is 1. The second-order valence-corrected chi connectivity index (χ2v) is 8.55. The molecule has 2 saturated heterocycles. The number of amides is 3. The predicted octanol–water partition coefficient (Wildman–Crippen LogP) is 1.64. The molecule has 168 valence electrons. The van der Waals surface area contributed by atoms with Gasteiger partial charge in [-0.3, -0.25) is 19.2 Å². The highest BCUT2D eigenvalue weighted by Gasteiger charge is 2.38. The van der Waals surface area contributed by atoms with Crippen LogP contribution in [0.3, 0.4) is 0 Å². The maximum Gasteiger partial charge on any atom is 0.306 e. The molecule has 8 nitrogen and oxygen atoms in total. The van der Waals surface area contributed by atoms with E-state index in [9.17, 15) is 23.6 Å². The Bertz CT molecular complexity index is 849. The molecule has 3 rings (SSSR count). The first-order valence-corrected chi connectivity index (χ1v) is 10.5. The standard InChI is InChI=1S/C22H28FN3O5/c1-13(2)19(21(29)25-9-7-14(8-10-25)22(30)31)24-20(28)15-11-18(27)26(12-15)17-5-3-16(23)4-6-17/h3-6,13-15,19H,7-12H2,1-2H3,(H,24,28)(H,30,31)/t15-,19-/m0/s1. The first-order chi connectivity index (χ1) is 14.7. The van der Waals surface area contributed by atoms with Crippen molar-refractivity contribution in [3.05, 3.63) is 30.1 Å². The highest BCUT2D eigenvalue weighted by atomic mass is 19.1. The lowest BCUT2D eigenvalue weighted by atomic mass is 9.95. The zero-order valence-corrected chi connectivity index (χ0v) is 17.7. The minimum Gasteiger partial charge on any atom is -0.481 e. The van der Waals surface area contributed by atoms with E-state index >= 15 is 0 Å². The molecule has 0 saturated carbocycles. The van der Waals surface area contributed by atoms with Gasteiger partial charge in [0.2, 0.25) is 17.7 Å². The number of halogens is 1. The molecule has 0 radical (unpaired) electrons. The highest BCUT2D eigenvalue weighted by molar-refractivity contribution is 6.01. The Balaban J connectivity index is 1.62. The summed E-state index contributed by atoms with van der Waals surface area (Å²) in [7, 11) is 0. The molecule has 2 aliphatic heterocycles. The molecule has 0 aromatic heterocycles. The number of anilines is 1. The molecule has 0 spiro atoms. The molecular weight excluding hydrogens is 405 g/mol. The van der Waals surface area contributed by atoms with Crippen molar-refractivity contribution in [3.8, 4) is 0 Å². The van der Waals surface area contributed by atoms with Crippen molar-refractivity contribution in [2.24, 2.45) is 17.8 Å². The van der Waals surface area contributed by atoms with Gasteiger partial charge >= 0.3 is 5.97 Å². The summed E-state index contributed by atoms with van der Waals surface area (Å²) in [5, 5.41) is 11.9. The summed E-state index contributed by atoms with van der Waals surface area (Å²) in [5.41, 5.74) is 0.527. The second kappa shape index (κ2) is 9.45. The van der Waals surface area contributed by atoms with Crippen LogP contribution in [-0.2, 0) is 19.2 Å². The van der Waals surface area contributed by atoms with Gasteiger partial charge in [-0.1, -0.05) is 13.8 Å². The molecule has 0 unspecified atom stereocenters. The average Bonchev–Trinajstić information content (AvgIpc) is 3.13. The van der Waals surface area contributed by atoms with Gasteiger partial charge in [-0.05, 0) is 43.0 Å². The zero-order valence-electron chi connectivity index (χ0n) is 17.7. The van der Waals surface area contributed by atoms with Crippen molar-refractivity contribution in [2.75, 3.05) is 24.5 Å². The number of carboxylic acid groups (broad SMARTS) is 1. The van der Waals surface area contributed by atoms with Crippen molar-refractivity contribution in [3.63, 3.8) is 0 Å². The predicted molar refractivity (Wildman–Crippen MR) is 111 cm³/mol. The van der Waals surface area contributed by atoms with Crippen LogP contribution in [0.15, 0.2) is 24.3 Å². The van der Waals surface area contributed by atoms with Crippen molar-refractivity contribution in [1.29, 1.82) is 0 Å². The molecule has 1 aromatic carbocycles. The smallest absolute Gasteiger partial charge is 0.306 e. The largest absolute Gasteiger partial charge is 0.481 e. The highest BCUT2D eigenvalue weighted by Crippen LogP contribution is 2.26. The van der Waals surface area contributed by atoms with Gasteiger partial charge in [0.15, 0.2) is 0 Å². The molecule has 0 aliphatic carbocycles. The topological polar surface area (TPSA) is 107 Å². The van der Waals surface area contributed by atoms with Crippen molar-refractivity contribution < 1.29 is 28.7 Å². The summed E-state index contributed by atoms with van der Waals surface area (Å²) < 4.78 is 13.2. The van der Waals surface area contributed by atoms with Crippen LogP contribution < -0.4 is 10.2 Å². The number of carboxylic acids is 1. The van der Waals surface area contributed by atoms with E-state index in [0.717, 1.165) is 0 Å². The second-order valence-electron chi connectivity index (χ2n) is 8.55. The number of likely N-dealkylation sites (tertiary alicyclic amines) is 1. The fourth-order valence-electron chi connectivity index (χ4n) is 4.08. The SMILES string of the molecule is CC(C)[C@H](NC(=O)[C@H]1CC(=O)N(c2ccc(F)cc2)C1)C(=O)N1CCC(C(=O)O)CC1. The number of hydrogen-bond acceptors (Lipinski definition) is 4. The Morgan fingerprint density at radius 3 is 2.26 bits per heavy atom. The molecule has 2 atom stereocenters. The van der Waals surface area contributed by atoms with E-state index < -0.39 is 29.7 Å². The van der Waals surface area contributed by atoms with Gasteiger partial charge in [-0.25, -0.2) is 4.39 Å². The fourth-order valence-corrected chi connectivity index (χ4v) is 4.08. The van der Waals surface area contributed by atoms with Crippen LogP contribution in [0.2, 0.25) is 0 Å². The first kappa shape index (κ1) is 22.7. The third-order valence-electron chi connectivity index (χ3n) is 6.02. The van der Waals surface area contributed by atoms with E-state index in [4.69, 9.17) is 5.11 Å². The van der Waals surface area contributed by atoms with Crippen LogP contribution in [-0.4, -0.2) is 59.4 Å². The number of hydrogen-bond donors (Lipinski definition) is 2. The lowest BCUT2D eigenvalue weighted by Crippen LogP contribution is -2.54. The van der Waals surface area contributed by atoms with Crippen LogP contribution in [0.5, 0.6) is 0 Å². The molecule has 3 amide bonds. The number of nitrogens with one attached hydrogen (secondary N) is 1. The van der Waals surface area contributed by atoms with Crippen molar-refractivity contribution in [2.45, 2.75) is 39.2 Å². The molecule has 2 heterocycles. The van der Waals surface area contributed by atoms with Crippen LogP contribution in [0.4, 0.5) is 10.1 Å². The minimum atomic E-state index is -0.850. The van der Waals surface area contributed by atoms with Gasteiger partial charge in [0.05, 0.1) is 11.8 Å². The molecule has 9 heteroatoms. The fraction of sp³-hybridized carbons (Fsp3) is 0.545. The first-order valence-electron chi connectivity index (χ1n) is 10.5. The maximum atomic E-state index is 13.2.